The Labute approximate surface area is 83.9 Å². The summed E-state index contributed by atoms with van der Waals surface area (Å²) in [5.74, 6) is 0. The normalized spacial score (nSPS) is 9.36. The van der Waals surface area contributed by atoms with Crippen molar-refractivity contribution in [2.75, 3.05) is 24.3 Å². The number of carbonyl (C=O) groups is 1. The quantitative estimate of drug-likeness (QED) is 0.748. The van der Waals surface area contributed by atoms with E-state index in [9.17, 15) is 4.79 Å². The Morgan fingerprint density at radius 1 is 1.29 bits per heavy atom. The molecule has 2 amide bonds. The van der Waals surface area contributed by atoms with E-state index in [-0.39, 0.29) is 6.03 Å². The van der Waals surface area contributed by atoms with Crippen molar-refractivity contribution in [2.45, 2.75) is 0 Å². The summed E-state index contributed by atoms with van der Waals surface area (Å²) in [4.78, 5) is 12.9. The van der Waals surface area contributed by atoms with Crippen LogP contribution in [0.5, 0.6) is 0 Å². The largest absolute Gasteiger partial charge is 0.378 e. The molecule has 0 bridgehead atoms. The van der Waals surface area contributed by atoms with Crippen LogP contribution in [0.1, 0.15) is 0 Å². The first-order valence-corrected chi connectivity index (χ1v) is 4.25. The van der Waals surface area contributed by atoms with Gasteiger partial charge in [-0.25, -0.2) is 4.79 Å². The zero-order valence-corrected chi connectivity index (χ0v) is 8.37. The van der Waals surface area contributed by atoms with Gasteiger partial charge >= 0.3 is 6.03 Å². The van der Waals surface area contributed by atoms with Crippen LogP contribution in [0.3, 0.4) is 0 Å². The molecule has 2 N–H and O–H groups in total. The van der Waals surface area contributed by atoms with Crippen molar-refractivity contribution >= 4 is 17.4 Å². The number of rotatable bonds is 2. The summed E-state index contributed by atoms with van der Waals surface area (Å²) in [6.45, 7) is 0. The Balaban J connectivity index is 2.69. The van der Waals surface area contributed by atoms with Crippen LogP contribution in [0.25, 0.3) is 0 Å². The lowest BCUT2D eigenvalue weighted by Gasteiger charge is -2.12. The standard InChI is InChI=1S/C10H14N3O/c1-11-10(14)12-8-4-6-9(7-5-8)13(2)3/h4-7H,1H2,2-3H3,(H2,11,12,14). The third-order valence-electron chi connectivity index (χ3n) is 1.80. The number of nitrogens with one attached hydrogen (secondary N) is 2. The van der Waals surface area contributed by atoms with Gasteiger partial charge in [0.05, 0.1) is 0 Å². The maximum absolute atomic E-state index is 10.9. The van der Waals surface area contributed by atoms with Gasteiger partial charge in [-0.3, -0.25) is 0 Å². The van der Waals surface area contributed by atoms with Crippen molar-refractivity contribution in [1.82, 2.24) is 5.32 Å². The topological polar surface area (TPSA) is 44.4 Å². The summed E-state index contributed by atoms with van der Waals surface area (Å²) in [6.07, 6.45) is 0. The molecule has 0 heterocycles. The van der Waals surface area contributed by atoms with Gasteiger partial charge in [-0.2, -0.15) is 0 Å². The number of amides is 2. The molecule has 0 aliphatic heterocycles. The molecule has 1 aromatic rings. The molecule has 0 unspecified atom stereocenters. The van der Waals surface area contributed by atoms with E-state index in [1.807, 2.05) is 43.3 Å². The summed E-state index contributed by atoms with van der Waals surface area (Å²) < 4.78 is 0. The van der Waals surface area contributed by atoms with E-state index in [4.69, 9.17) is 0 Å². The SMILES string of the molecule is [CH2]NC(=O)Nc1ccc(N(C)C)cc1. The number of nitrogens with zero attached hydrogens (tertiary/aromatic N) is 1. The molecule has 14 heavy (non-hydrogen) atoms. The fraction of sp³-hybridized carbons (Fsp3) is 0.200. The smallest absolute Gasteiger partial charge is 0.319 e. The number of carbonyl (C=O) groups excluding carboxylic acids is 1. The second-order valence-corrected chi connectivity index (χ2v) is 3.07. The molecule has 0 spiro atoms. The van der Waals surface area contributed by atoms with Crippen LogP contribution in [0.2, 0.25) is 0 Å². The van der Waals surface area contributed by atoms with Crippen LogP contribution in [0, 0.1) is 7.05 Å². The minimum Gasteiger partial charge on any atom is -0.378 e. The van der Waals surface area contributed by atoms with E-state index in [1.165, 1.54) is 0 Å². The molecule has 1 rings (SSSR count). The maximum atomic E-state index is 10.9. The van der Waals surface area contributed by atoms with Gasteiger partial charge in [0.1, 0.15) is 0 Å². The van der Waals surface area contributed by atoms with Crippen LogP contribution in [-0.4, -0.2) is 20.1 Å². The predicted molar refractivity (Wildman–Crippen MR) is 58.3 cm³/mol. The van der Waals surface area contributed by atoms with Crippen molar-refractivity contribution in [1.29, 1.82) is 0 Å². The lowest BCUT2D eigenvalue weighted by Crippen LogP contribution is -2.22. The zero-order chi connectivity index (χ0) is 10.6. The van der Waals surface area contributed by atoms with E-state index in [2.05, 4.69) is 17.7 Å². The summed E-state index contributed by atoms with van der Waals surface area (Å²) in [5.41, 5.74) is 1.84. The second-order valence-electron chi connectivity index (χ2n) is 3.07. The van der Waals surface area contributed by atoms with Crippen molar-refractivity contribution in [2.24, 2.45) is 0 Å². The number of hydrogen-bond acceptors (Lipinski definition) is 2. The first-order valence-electron chi connectivity index (χ1n) is 4.25. The Bertz CT molecular complexity index is 306. The molecule has 4 heteroatoms. The Kier molecular flexibility index (Phi) is 3.34. The Morgan fingerprint density at radius 2 is 1.86 bits per heavy atom. The molecule has 0 fully saturated rings. The van der Waals surface area contributed by atoms with Crippen molar-refractivity contribution in [3.63, 3.8) is 0 Å². The maximum Gasteiger partial charge on any atom is 0.319 e. The highest BCUT2D eigenvalue weighted by Crippen LogP contribution is 2.15. The molecular formula is C10H14N3O. The van der Waals surface area contributed by atoms with Crippen molar-refractivity contribution in [3.8, 4) is 0 Å². The van der Waals surface area contributed by atoms with Gasteiger partial charge in [0.25, 0.3) is 0 Å². The molecule has 4 nitrogen and oxygen atoms in total. The number of urea groups is 1. The van der Waals surface area contributed by atoms with E-state index < -0.39 is 0 Å². The van der Waals surface area contributed by atoms with Gasteiger partial charge in [0.2, 0.25) is 0 Å². The molecule has 0 aromatic heterocycles. The molecular weight excluding hydrogens is 178 g/mol. The predicted octanol–water partition coefficient (Wildman–Crippen LogP) is 1.67. The molecule has 0 aliphatic carbocycles. The van der Waals surface area contributed by atoms with Gasteiger partial charge in [0.15, 0.2) is 0 Å². The van der Waals surface area contributed by atoms with Gasteiger partial charge < -0.3 is 15.5 Å². The average Bonchev–Trinajstić information content (AvgIpc) is 2.18. The highest BCUT2D eigenvalue weighted by molar-refractivity contribution is 5.89. The Morgan fingerprint density at radius 3 is 2.29 bits per heavy atom. The number of anilines is 2. The minimum atomic E-state index is -0.317. The highest BCUT2D eigenvalue weighted by atomic mass is 16.2. The van der Waals surface area contributed by atoms with E-state index in [1.54, 1.807) is 0 Å². The summed E-state index contributed by atoms with van der Waals surface area (Å²) >= 11 is 0. The molecule has 0 atom stereocenters. The van der Waals surface area contributed by atoms with Gasteiger partial charge in [-0.05, 0) is 24.3 Å². The van der Waals surface area contributed by atoms with E-state index in [0.29, 0.717) is 0 Å². The van der Waals surface area contributed by atoms with Gasteiger partial charge in [0, 0.05) is 32.5 Å². The molecule has 1 radical (unpaired) electrons. The van der Waals surface area contributed by atoms with Crippen molar-refractivity contribution in [3.05, 3.63) is 31.3 Å². The summed E-state index contributed by atoms with van der Waals surface area (Å²) in [6, 6.07) is 7.22. The van der Waals surface area contributed by atoms with Crippen LogP contribution in [0.4, 0.5) is 16.2 Å². The monoisotopic (exact) mass is 192 g/mol. The van der Waals surface area contributed by atoms with E-state index >= 15 is 0 Å². The number of hydrogen-bond donors (Lipinski definition) is 2. The Hall–Kier alpha value is -1.71. The molecule has 0 saturated heterocycles. The highest BCUT2D eigenvalue weighted by Gasteiger charge is 1.98. The number of benzene rings is 1. The first-order chi connectivity index (χ1) is 6.63. The second kappa shape index (κ2) is 4.50. The minimum absolute atomic E-state index is 0.317. The van der Waals surface area contributed by atoms with Gasteiger partial charge in [-0.1, -0.05) is 0 Å². The average molecular weight is 192 g/mol. The lowest BCUT2D eigenvalue weighted by atomic mass is 10.2. The van der Waals surface area contributed by atoms with Crippen LogP contribution in [-0.2, 0) is 0 Å². The lowest BCUT2D eigenvalue weighted by molar-refractivity contribution is 0.255. The first kappa shape index (κ1) is 10.4. The van der Waals surface area contributed by atoms with Crippen LogP contribution in [0.15, 0.2) is 24.3 Å². The summed E-state index contributed by atoms with van der Waals surface area (Å²) in [7, 11) is 7.18. The fourth-order valence-electron chi connectivity index (χ4n) is 1.02. The van der Waals surface area contributed by atoms with Crippen molar-refractivity contribution < 1.29 is 4.79 Å². The molecule has 0 saturated carbocycles. The molecule has 1 aromatic carbocycles. The molecule has 0 aliphatic rings. The fourth-order valence-corrected chi connectivity index (χ4v) is 1.02. The zero-order valence-electron chi connectivity index (χ0n) is 8.37. The van der Waals surface area contributed by atoms with E-state index in [0.717, 1.165) is 11.4 Å². The van der Waals surface area contributed by atoms with Crippen LogP contribution >= 0.6 is 0 Å². The van der Waals surface area contributed by atoms with Gasteiger partial charge in [-0.15, -0.1) is 0 Å². The van der Waals surface area contributed by atoms with Crippen LogP contribution < -0.4 is 15.5 Å². The molecule has 75 valence electrons. The third-order valence-corrected chi connectivity index (χ3v) is 1.80. The third kappa shape index (κ3) is 2.65. The summed E-state index contributed by atoms with van der Waals surface area (Å²) in [5, 5.41) is 4.87.